The molecule has 0 aliphatic rings. The molecule has 0 spiro atoms. The first-order valence-electron chi connectivity index (χ1n) is 3.59. The Labute approximate surface area is 98.8 Å². The molecule has 5 heteroatoms. The molecule has 0 aliphatic heterocycles. The summed E-state index contributed by atoms with van der Waals surface area (Å²) in [6.07, 6.45) is 5.63. The van der Waals surface area contributed by atoms with Gasteiger partial charge < -0.3 is 4.90 Å². The van der Waals surface area contributed by atoms with E-state index in [0.717, 1.165) is 4.32 Å². The van der Waals surface area contributed by atoms with Crippen LogP contribution in [0.15, 0.2) is 23.2 Å². The largest absolute Gasteiger partial charge is 0.350 e. The minimum atomic E-state index is 0.713. The molecule has 0 heterocycles. The predicted octanol–water partition coefficient (Wildman–Crippen LogP) is 3.44. The fourth-order valence-electron chi connectivity index (χ4n) is 0.687. The van der Waals surface area contributed by atoms with E-state index in [4.69, 9.17) is 35.4 Å². The molecular weight excluding hydrogens is 245 g/mol. The molecule has 0 rings (SSSR count). The highest BCUT2D eigenvalue weighted by Crippen LogP contribution is 2.05. The molecule has 0 aromatic carbocycles. The quantitative estimate of drug-likeness (QED) is 0.709. The summed E-state index contributed by atoms with van der Waals surface area (Å²) >= 11 is 17.5. The molecule has 0 aromatic rings. The molecule has 0 atom stereocenters. The number of hydrogen-bond donors (Lipinski definition) is 0. The summed E-state index contributed by atoms with van der Waals surface area (Å²) in [7, 11) is 0. The monoisotopic (exact) mass is 255 g/mol. The summed E-state index contributed by atoms with van der Waals surface area (Å²) in [4.78, 5) is 2.00. The van der Waals surface area contributed by atoms with Gasteiger partial charge in [0.1, 0.15) is 4.32 Å². The lowest BCUT2D eigenvalue weighted by Crippen LogP contribution is -2.27. The molecule has 0 aliphatic carbocycles. The molecule has 0 unspecified atom stereocenters. The van der Waals surface area contributed by atoms with Crippen LogP contribution in [0.3, 0.4) is 0 Å². The summed E-state index contributed by atoms with van der Waals surface area (Å²) in [6, 6.07) is 0. The SMILES string of the molecule is CSC(=S)N(CC=CCl)CC=CCl. The maximum Gasteiger partial charge on any atom is 0.136 e. The number of hydrogen-bond acceptors (Lipinski definition) is 2. The fourth-order valence-corrected chi connectivity index (χ4v) is 1.40. The molecule has 0 radical (unpaired) electrons. The van der Waals surface area contributed by atoms with Crippen LogP contribution in [0.4, 0.5) is 0 Å². The predicted molar refractivity (Wildman–Crippen MR) is 67.7 cm³/mol. The van der Waals surface area contributed by atoms with Gasteiger partial charge in [-0.2, -0.15) is 0 Å². The molecule has 0 saturated carbocycles. The van der Waals surface area contributed by atoms with E-state index in [1.807, 2.05) is 23.3 Å². The summed E-state index contributed by atoms with van der Waals surface area (Å²) < 4.78 is 0.838. The van der Waals surface area contributed by atoms with E-state index < -0.39 is 0 Å². The van der Waals surface area contributed by atoms with E-state index in [2.05, 4.69) is 0 Å². The van der Waals surface area contributed by atoms with E-state index >= 15 is 0 Å². The maximum atomic E-state index is 5.43. The molecule has 13 heavy (non-hydrogen) atoms. The number of rotatable bonds is 4. The van der Waals surface area contributed by atoms with Crippen molar-refractivity contribution in [2.45, 2.75) is 0 Å². The van der Waals surface area contributed by atoms with Gasteiger partial charge in [0.05, 0.1) is 0 Å². The Bertz CT molecular complexity index is 190. The van der Waals surface area contributed by atoms with Gasteiger partial charge in [-0.1, -0.05) is 47.6 Å². The van der Waals surface area contributed by atoms with Gasteiger partial charge in [0, 0.05) is 24.2 Å². The minimum Gasteiger partial charge on any atom is -0.350 e. The Morgan fingerprint density at radius 1 is 1.31 bits per heavy atom. The molecule has 0 amide bonds. The van der Waals surface area contributed by atoms with Crippen molar-refractivity contribution in [3.63, 3.8) is 0 Å². The average Bonchev–Trinajstić information content (AvgIpc) is 2.17. The van der Waals surface area contributed by atoms with E-state index in [-0.39, 0.29) is 0 Å². The molecule has 0 N–H and O–H groups in total. The molecule has 0 fully saturated rings. The van der Waals surface area contributed by atoms with Crippen LogP contribution in [0.25, 0.3) is 0 Å². The third-order valence-corrected chi connectivity index (χ3v) is 2.98. The second kappa shape index (κ2) is 8.88. The van der Waals surface area contributed by atoms with Gasteiger partial charge in [-0.25, -0.2) is 0 Å². The third kappa shape index (κ3) is 6.38. The molecular formula is C8H11Cl2NS2. The highest BCUT2D eigenvalue weighted by atomic mass is 35.5. The molecule has 0 aromatic heterocycles. The van der Waals surface area contributed by atoms with Crippen molar-refractivity contribution in [2.24, 2.45) is 0 Å². The van der Waals surface area contributed by atoms with Gasteiger partial charge in [-0.15, -0.1) is 11.8 Å². The van der Waals surface area contributed by atoms with Crippen LogP contribution in [-0.4, -0.2) is 28.6 Å². The van der Waals surface area contributed by atoms with Crippen LogP contribution in [0.5, 0.6) is 0 Å². The highest BCUT2D eigenvalue weighted by molar-refractivity contribution is 8.22. The first-order chi connectivity index (χ1) is 6.26. The van der Waals surface area contributed by atoms with Crippen molar-refractivity contribution in [1.29, 1.82) is 0 Å². The highest BCUT2D eigenvalue weighted by Gasteiger charge is 2.03. The van der Waals surface area contributed by atoms with Crippen molar-refractivity contribution in [1.82, 2.24) is 4.90 Å². The van der Waals surface area contributed by atoms with Crippen molar-refractivity contribution in [2.75, 3.05) is 19.3 Å². The first kappa shape index (κ1) is 13.3. The van der Waals surface area contributed by atoms with Gasteiger partial charge in [0.15, 0.2) is 0 Å². The van der Waals surface area contributed by atoms with Crippen molar-refractivity contribution in [3.05, 3.63) is 23.2 Å². The first-order valence-corrected chi connectivity index (χ1v) is 6.10. The Kier molecular flexibility index (Phi) is 9.08. The van der Waals surface area contributed by atoms with E-state index in [1.54, 1.807) is 0 Å². The topological polar surface area (TPSA) is 3.24 Å². The van der Waals surface area contributed by atoms with E-state index in [1.165, 1.54) is 22.8 Å². The lowest BCUT2D eigenvalue weighted by atomic mass is 10.5. The summed E-state index contributed by atoms with van der Waals surface area (Å²) in [5, 5.41) is 0. The van der Waals surface area contributed by atoms with Crippen molar-refractivity contribution >= 4 is 51.5 Å². The van der Waals surface area contributed by atoms with E-state index in [9.17, 15) is 0 Å². The zero-order chi connectivity index (χ0) is 10.1. The Morgan fingerprint density at radius 2 is 1.77 bits per heavy atom. The van der Waals surface area contributed by atoms with Crippen LogP contribution in [0.2, 0.25) is 0 Å². The van der Waals surface area contributed by atoms with Gasteiger partial charge in [0.2, 0.25) is 0 Å². The molecule has 74 valence electrons. The lowest BCUT2D eigenvalue weighted by molar-refractivity contribution is 0.532. The number of thiocarbonyl (C=S) groups is 1. The summed E-state index contributed by atoms with van der Waals surface area (Å²) in [5.41, 5.74) is 2.97. The van der Waals surface area contributed by atoms with Gasteiger partial charge in [-0.3, -0.25) is 0 Å². The minimum absolute atomic E-state index is 0.713. The Hall–Kier alpha value is 0.300. The van der Waals surface area contributed by atoms with Crippen LogP contribution in [-0.2, 0) is 0 Å². The normalized spacial score (nSPS) is 11.3. The van der Waals surface area contributed by atoms with Crippen molar-refractivity contribution in [3.8, 4) is 0 Å². The smallest absolute Gasteiger partial charge is 0.136 e. The second-order valence-electron chi connectivity index (χ2n) is 2.10. The van der Waals surface area contributed by atoms with Crippen LogP contribution >= 0.6 is 47.2 Å². The van der Waals surface area contributed by atoms with Crippen molar-refractivity contribution < 1.29 is 0 Å². The van der Waals surface area contributed by atoms with Gasteiger partial charge in [0.25, 0.3) is 0 Å². The van der Waals surface area contributed by atoms with Crippen LogP contribution < -0.4 is 0 Å². The molecule has 0 saturated heterocycles. The second-order valence-corrected chi connectivity index (χ2v) is 4.04. The molecule has 0 bridgehead atoms. The van der Waals surface area contributed by atoms with Crippen LogP contribution in [0, 0.1) is 0 Å². The summed E-state index contributed by atoms with van der Waals surface area (Å²) in [5.74, 6) is 0. The van der Waals surface area contributed by atoms with Crippen LogP contribution in [0.1, 0.15) is 0 Å². The number of nitrogens with zero attached hydrogens (tertiary/aromatic N) is 1. The zero-order valence-electron chi connectivity index (χ0n) is 7.24. The number of thioether (sulfide) groups is 1. The standard InChI is InChI=1S/C8H11Cl2NS2/c1-13-8(12)11(6-2-4-9)7-3-5-10/h2-5H,6-7H2,1H3. The lowest BCUT2D eigenvalue weighted by Gasteiger charge is -2.20. The van der Waals surface area contributed by atoms with E-state index in [0.29, 0.717) is 13.1 Å². The fraction of sp³-hybridized carbons (Fsp3) is 0.375. The van der Waals surface area contributed by atoms with Gasteiger partial charge >= 0.3 is 0 Å². The average molecular weight is 256 g/mol. The van der Waals surface area contributed by atoms with Gasteiger partial charge in [-0.05, 0) is 6.26 Å². The Balaban J connectivity index is 4.09. The number of halogens is 2. The summed E-state index contributed by atoms with van der Waals surface area (Å²) in [6.45, 7) is 1.43. The molecule has 1 nitrogen and oxygen atoms in total. The Morgan fingerprint density at radius 3 is 2.08 bits per heavy atom. The zero-order valence-corrected chi connectivity index (χ0v) is 10.4. The third-order valence-electron chi connectivity index (χ3n) is 1.26. The maximum absolute atomic E-state index is 5.43.